The molecule has 0 aliphatic rings. The Morgan fingerprint density at radius 3 is 2.52 bits per heavy atom. The lowest BCUT2D eigenvalue weighted by Crippen LogP contribution is -2.36. The van der Waals surface area contributed by atoms with Crippen LogP contribution in [0.1, 0.15) is 36.0 Å². The summed E-state index contributed by atoms with van der Waals surface area (Å²) in [7, 11) is 4.00. The molecule has 1 N–H and O–H groups in total. The molecule has 0 spiro atoms. The van der Waals surface area contributed by atoms with E-state index in [1.807, 2.05) is 37.2 Å². The molecule has 1 aromatic carbocycles. The van der Waals surface area contributed by atoms with E-state index in [9.17, 15) is 0 Å². The lowest BCUT2D eigenvalue weighted by atomic mass is 10.2. The Bertz CT molecular complexity index is 608. The number of nitrogens with one attached hydrogen (secondary N) is 1. The van der Waals surface area contributed by atoms with Crippen LogP contribution in [0.5, 0.6) is 0 Å². The lowest BCUT2D eigenvalue weighted by Gasteiger charge is -2.17. The van der Waals surface area contributed by atoms with E-state index in [-0.39, 0.29) is 24.0 Å². The summed E-state index contributed by atoms with van der Waals surface area (Å²) in [6.45, 7) is 5.72. The van der Waals surface area contributed by atoms with Crippen LogP contribution < -0.4 is 5.32 Å². The number of aliphatic imine (C=N–C) groups is 1. The van der Waals surface area contributed by atoms with Gasteiger partial charge in [-0.05, 0) is 11.5 Å². The Balaban J connectivity index is 0.00000264. The van der Waals surface area contributed by atoms with Crippen molar-refractivity contribution in [1.29, 1.82) is 0 Å². The predicted octanol–water partition coefficient (Wildman–Crippen LogP) is 4.09. The number of guanidine groups is 1. The summed E-state index contributed by atoms with van der Waals surface area (Å²) >= 11 is 1.70. The van der Waals surface area contributed by atoms with E-state index in [4.69, 9.17) is 0 Å². The van der Waals surface area contributed by atoms with Crippen molar-refractivity contribution in [2.45, 2.75) is 32.9 Å². The first-order valence-electron chi connectivity index (χ1n) is 7.50. The molecule has 126 valence electrons. The molecule has 0 fully saturated rings. The summed E-state index contributed by atoms with van der Waals surface area (Å²) in [5.41, 5.74) is 2.37. The number of thiazole rings is 1. The normalized spacial score (nSPS) is 11.3. The lowest BCUT2D eigenvalue weighted by molar-refractivity contribution is 0.578. The van der Waals surface area contributed by atoms with Crippen molar-refractivity contribution < 1.29 is 0 Å². The van der Waals surface area contributed by atoms with Gasteiger partial charge in [-0.1, -0.05) is 44.2 Å². The van der Waals surface area contributed by atoms with Crippen LogP contribution in [-0.4, -0.2) is 29.9 Å². The van der Waals surface area contributed by atoms with Crippen LogP contribution >= 0.6 is 35.3 Å². The molecule has 0 saturated carbocycles. The monoisotopic (exact) mass is 444 g/mol. The van der Waals surface area contributed by atoms with Crippen LogP contribution in [0.2, 0.25) is 0 Å². The van der Waals surface area contributed by atoms with Crippen molar-refractivity contribution in [1.82, 2.24) is 15.2 Å². The predicted molar refractivity (Wildman–Crippen MR) is 110 cm³/mol. The number of hydrogen-bond acceptors (Lipinski definition) is 3. The largest absolute Gasteiger partial charge is 0.350 e. The zero-order chi connectivity index (χ0) is 15.9. The summed E-state index contributed by atoms with van der Waals surface area (Å²) in [5, 5.41) is 6.61. The summed E-state index contributed by atoms with van der Waals surface area (Å²) in [5.74, 6) is 1.36. The third-order valence-electron chi connectivity index (χ3n) is 3.24. The number of nitrogens with zero attached hydrogens (tertiary/aromatic N) is 3. The number of halogens is 1. The van der Waals surface area contributed by atoms with Crippen molar-refractivity contribution in [3.05, 3.63) is 52.0 Å². The Morgan fingerprint density at radius 1 is 1.26 bits per heavy atom. The van der Waals surface area contributed by atoms with E-state index in [2.05, 4.69) is 46.7 Å². The molecule has 0 aliphatic carbocycles. The Labute approximate surface area is 160 Å². The Hall–Kier alpha value is -1.15. The van der Waals surface area contributed by atoms with Crippen LogP contribution in [-0.2, 0) is 13.1 Å². The van der Waals surface area contributed by atoms with E-state index in [0.717, 1.165) is 16.7 Å². The minimum Gasteiger partial charge on any atom is -0.350 e. The molecule has 23 heavy (non-hydrogen) atoms. The standard InChI is InChI=1S/C17H24N4S.HI/c1-13(2)15-12-22-16(20-15)11-19-17(21(3)4)18-10-14-8-6-5-7-9-14;/h5-9,12-13H,10-11H2,1-4H3,(H,18,19);1H. The van der Waals surface area contributed by atoms with Crippen LogP contribution in [0.15, 0.2) is 40.7 Å². The maximum atomic E-state index is 4.66. The maximum absolute atomic E-state index is 4.66. The van der Waals surface area contributed by atoms with Gasteiger partial charge in [-0.15, -0.1) is 35.3 Å². The van der Waals surface area contributed by atoms with Crippen molar-refractivity contribution in [3.8, 4) is 0 Å². The number of rotatable bonds is 5. The van der Waals surface area contributed by atoms with Crippen molar-refractivity contribution in [2.24, 2.45) is 4.99 Å². The summed E-state index contributed by atoms with van der Waals surface area (Å²) in [4.78, 5) is 11.3. The second-order valence-corrected chi connectivity index (χ2v) is 6.64. The summed E-state index contributed by atoms with van der Waals surface area (Å²) < 4.78 is 0. The van der Waals surface area contributed by atoms with Crippen LogP contribution in [0, 0.1) is 0 Å². The smallest absolute Gasteiger partial charge is 0.194 e. The van der Waals surface area contributed by atoms with Crippen LogP contribution in [0.3, 0.4) is 0 Å². The van der Waals surface area contributed by atoms with Gasteiger partial charge >= 0.3 is 0 Å². The van der Waals surface area contributed by atoms with Gasteiger partial charge in [0.2, 0.25) is 0 Å². The highest BCUT2D eigenvalue weighted by atomic mass is 127. The highest BCUT2D eigenvalue weighted by molar-refractivity contribution is 14.0. The van der Waals surface area contributed by atoms with E-state index in [0.29, 0.717) is 19.0 Å². The van der Waals surface area contributed by atoms with Crippen LogP contribution in [0.4, 0.5) is 0 Å². The Kier molecular flexibility index (Phi) is 8.54. The average molecular weight is 444 g/mol. The fourth-order valence-electron chi connectivity index (χ4n) is 1.93. The van der Waals surface area contributed by atoms with Gasteiger partial charge in [0, 0.05) is 19.5 Å². The molecule has 1 aromatic heterocycles. The van der Waals surface area contributed by atoms with E-state index >= 15 is 0 Å². The van der Waals surface area contributed by atoms with Gasteiger partial charge in [-0.2, -0.15) is 0 Å². The van der Waals surface area contributed by atoms with Crippen molar-refractivity contribution >= 4 is 41.3 Å². The second-order valence-electron chi connectivity index (χ2n) is 5.69. The van der Waals surface area contributed by atoms with E-state index in [1.165, 1.54) is 5.56 Å². The minimum absolute atomic E-state index is 0. The fourth-order valence-corrected chi connectivity index (χ4v) is 2.83. The van der Waals surface area contributed by atoms with E-state index < -0.39 is 0 Å². The molecule has 2 rings (SSSR count). The van der Waals surface area contributed by atoms with Gasteiger partial charge in [0.05, 0.1) is 18.8 Å². The highest BCUT2D eigenvalue weighted by Gasteiger charge is 2.07. The number of hydrogen-bond donors (Lipinski definition) is 1. The second kappa shape index (κ2) is 9.87. The van der Waals surface area contributed by atoms with Gasteiger partial charge in [0.25, 0.3) is 0 Å². The van der Waals surface area contributed by atoms with Gasteiger partial charge < -0.3 is 10.2 Å². The minimum atomic E-state index is 0. The zero-order valence-electron chi connectivity index (χ0n) is 14.1. The molecule has 0 saturated heterocycles. The fraction of sp³-hybridized carbons (Fsp3) is 0.412. The summed E-state index contributed by atoms with van der Waals surface area (Å²) in [6.07, 6.45) is 0. The number of aromatic nitrogens is 1. The molecular formula is C17H25IN4S. The van der Waals surface area contributed by atoms with Gasteiger partial charge in [0.1, 0.15) is 5.01 Å². The van der Waals surface area contributed by atoms with E-state index in [1.54, 1.807) is 11.3 Å². The number of benzene rings is 1. The topological polar surface area (TPSA) is 40.5 Å². The first-order chi connectivity index (χ1) is 10.6. The zero-order valence-corrected chi connectivity index (χ0v) is 17.3. The maximum Gasteiger partial charge on any atom is 0.194 e. The third kappa shape index (κ3) is 6.47. The molecule has 6 heteroatoms. The molecule has 0 aliphatic heterocycles. The quantitative estimate of drug-likeness (QED) is 0.429. The molecular weight excluding hydrogens is 419 g/mol. The molecule has 0 bridgehead atoms. The molecule has 2 aromatic rings. The molecule has 0 radical (unpaired) electrons. The van der Waals surface area contributed by atoms with Gasteiger partial charge in [-0.25, -0.2) is 9.98 Å². The average Bonchev–Trinajstić information content (AvgIpc) is 2.97. The molecule has 4 nitrogen and oxygen atoms in total. The third-order valence-corrected chi connectivity index (χ3v) is 4.10. The first kappa shape index (κ1) is 19.9. The summed E-state index contributed by atoms with van der Waals surface area (Å²) in [6, 6.07) is 10.3. The first-order valence-corrected chi connectivity index (χ1v) is 8.38. The SMILES string of the molecule is CC(C)c1csc(CNC(=NCc2ccccc2)N(C)C)n1.I. The molecule has 1 heterocycles. The van der Waals surface area contributed by atoms with Gasteiger partial charge in [-0.3, -0.25) is 0 Å². The molecule has 0 unspecified atom stereocenters. The van der Waals surface area contributed by atoms with Crippen molar-refractivity contribution in [3.63, 3.8) is 0 Å². The van der Waals surface area contributed by atoms with Crippen LogP contribution in [0.25, 0.3) is 0 Å². The van der Waals surface area contributed by atoms with Gasteiger partial charge in [0.15, 0.2) is 5.96 Å². The highest BCUT2D eigenvalue weighted by Crippen LogP contribution is 2.17. The molecule has 0 amide bonds. The Morgan fingerprint density at radius 2 is 1.96 bits per heavy atom. The van der Waals surface area contributed by atoms with Crippen molar-refractivity contribution in [2.75, 3.05) is 14.1 Å². The molecule has 0 atom stereocenters.